The summed E-state index contributed by atoms with van der Waals surface area (Å²) in [7, 11) is -0.107. The number of ether oxygens (including phenoxy) is 2. The maximum absolute atomic E-state index is 11.8. The van der Waals surface area contributed by atoms with Crippen LogP contribution in [0, 0.1) is 5.92 Å². The van der Waals surface area contributed by atoms with Crippen molar-refractivity contribution in [1.82, 2.24) is 5.32 Å². The molecule has 1 rings (SSSR count). The van der Waals surface area contributed by atoms with Crippen LogP contribution in [0.3, 0.4) is 0 Å². The smallest absolute Gasteiger partial charge is 0.407 e. The SMILES string of the molecule is CCOC(=O)N[C@H]1[C@@H](C(=O)OC)CS[C@H]1[Si](C)(C)C. The third kappa shape index (κ3) is 4.14. The van der Waals surface area contributed by atoms with Gasteiger partial charge >= 0.3 is 12.1 Å². The molecule has 0 saturated carbocycles. The minimum absolute atomic E-state index is 0.192. The molecule has 0 aromatic heterocycles. The van der Waals surface area contributed by atoms with E-state index in [1.807, 2.05) is 0 Å². The van der Waals surface area contributed by atoms with Crippen LogP contribution in [0.5, 0.6) is 0 Å². The number of amides is 1. The Morgan fingerprint density at radius 1 is 1.37 bits per heavy atom. The molecule has 0 aliphatic carbocycles. The third-order valence-electron chi connectivity index (χ3n) is 3.13. The lowest BCUT2D eigenvalue weighted by atomic mass is 10.0. The lowest BCUT2D eigenvalue weighted by molar-refractivity contribution is -0.145. The number of methoxy groups -OCH3 is 1. The highest BCUT2D eigenvalue weighted by atomic mass is 32.2. The number of esters is 1. The van der Waals surface area contributed by atoms with E-state index in [2.05, 4.69) is 25.0 Å². The van der Waals surface area contributed by atoms with Crippen molar-refractivity contribution in [3.63, 3.8) is 0 Å². The van der Waals surface area contributed by atoms with E-state index in [1.54, 1.807) is 18.7 Å². The van der Waals surface area contributed by atoms with Crippen molar-refractivity contribution in [3.05, 3.63) is 0 Å². The van der Waals surface area contributed by atoms with Crippen LogP contribution < -0.4 is 5.32 Å². The second-order valence-electron chi connectivity index (χ2n) is 5.64. The summed E-state index contributed by atoms with van der Waals surface area (Å²) in [6.45, 7) is 8.81. The van der Waals surface area contributed by atoms with Crippen LogP contribution >= 0.6 is 11.8 Å². The zero-order chi connectivity index (χ0) is 14.6. The normalized spacial score (nSPS) is 26.9. The zero-order valence-electron chi connectivity index (χ0n) is 12.2. The number of rotatable bonds is 4. The zero-order valence-corrected chi connectivity index (χ0v) is 14.0. The van der Waals surface area contributed by atoms with Crippen LogP contribution in [0.25, 0.3) is 0 Å². The molecule has 0 aromatic rings. The van der Waals surface area contributed by atoms with Crippen LogP contribution in [-0.2, 0) is 14.3 Å². The van der Waals surface area contributed by atoms with Gasteiger partial charge in [0.25, 0.3) is 0 Å². The van der Waals surface area contributed by atoms with E-state index < -0.39 is 14.2 Å². The fourth-order valence-electron chi connectivity index (χ4n) is 2.27. The Hall–Kier alpha value is -0.693. The molecule has 1 heterocycles. The minimum atomic E-state index is -1.49. The molecular weight excluding hydrogens is 282 g/mol. The van der Waals surface area contributed by atoms with Gasteiger partial charge in [-0.1, -0.05) is 19.6 Å². The second-order valence-corrected chi connectivity index (χ2v) is 12.6. The summed E-state index contributed by atoms with van der Waals surface area (Å²) in [4.78, 5) is 23.8. The van der Waals surface area contributed by atoms with Crippen molar-refractivity contribution in [1.29, 1.82) is 0 Å². The van der Waals surface area contributed by atoms with Gasteiger partial charge in [-0.3, -0.25) is 4.79 Å². The first-order valence-electron chi connectivity index (χ1n) is 6.44. The van der Waals surface area contributed by atoms with Gasteiger partial charge in [-0.2, -0.15) is 11.8 Å². The van der Waals surface area contributed by atoms with Gasteiger partial charge in [-0.25, -0.2) is 4.79 Å². The van der Waals surface area contributed by atoms with E-state index in [4.69, 9.17) is 9.47 Å². The molecule has 1 N–H and O–H groups in total. The van der Waals surface area contributed by atoms with Gasteiger partial charge in [0, 0.05) is 10.6 Å². The van der Waals surface area contributed by atoms with E-state index in [1.165, 1.54) is 7.11 Å². The van der Waals surface area contributed by atoms with Crippen LogP contribution in [-0.4, -0.2) is 50.5 Å². The largest absolute Gasteiger partial charge is 0.469 e. The summed E-state index contributed by atoms with van der Waals surface area (Å²) in [6.07, 6.45) is -0.452. The first-order valence-corrected chi connectivity index (χ1v) is 11.1. The first kappa shape index (κ1) is 16.4. The maximum Gasteiger partial charge on any atom is 0.407 e. The second kappa shape index (κ2) is 6.65. The number of hydrogen-bond donors (Lipinski definition) is 1. The van der Waals surface area contributed by atoms with Gasteiger partial charge in [-0.15, -0.1) is 0 Å². The number of hydrogen-bond acceptors (Lipinski definition) is 5. The molecule has 1 saturated heterocycles. The molecule has 1 aliphatic heterocycles. The summed E-state index contributed by atoms with van der Waals surface area (Å²) in [6, 6.07) is -0.192. The predicted molar refractivity (Wildman–Crippen MR) is 79.0 cm³/mol. The molecule has 0 radical (unpaired) electrons. The topological polar surface area (TPSA) is 64.6 Å². The van der Waals surface area contributed by atoms with E-state index in [0.717, 1.165) is 0 Å². The predicted octanol–water partition coefficient (Wildman–Crippen LogP) is 1.88. The Kier molecular flexibility index (Phi) is 5.73. The fourth-order valence-corrected chi connectivity index (χ4v) is 7.17. The monoisotopic (exact) mass is 305 g/mol. The maximum atomic E-state index is 11.8. The number of thioether (sulfide) groups is 1. The highest BCUT2D eigenvalue weighted by Gasteiger charge is 2.47. The first-order chi connectivity index (χ1) is 8.81. The Morgan fingerprint density at radius 2 is 2.00 bits per heavy atom. The third-order valence-corrected chi connectivity index (χ3v) is 9.02. The summed E-state index contributed by atoms with van der Waals surface area (Å²) in [5, 5.41) is 2.85. The van der Waals surface area contributed by atoms with Crippen molar-refractivity contribution in [2.45, 2.75) is 37.5 Å². The van der Waals surface area contributed by atoms with Crippen LogP contribution in [0.15, 0.2) is 0 Å². The molecule has 1 amide bonds. The molecule has 0 unspecified atom stereocenters. The summed E-state index contributed by atoms with van der Waals surface area (Å²) < 4.78 is 9.77. The van der Waals surface area contributed by atoms with Crippen molar-refractivity contribution in [3.8, 4) is 0 Å². The summed E-state index contributed by atoms with van der Waals surface area (Å²) >= 11 is 1.76. The molecule has 7 heteroatoms. The van der Waals surface area contributed by atoms with E-state index in [9.17, 15) is 9.59 Å². The molecule has 19 heavy (non-hydrogen) atoms. The minimum Gasteiger partial charge on any atom is -0.469 e. The van der Waals surface area contributed by atoms with Gasteiger partial charge in [0.1, 0.15) is 0 Å². The molecular formula is C12H23NO4SSi. The Balaban J connectivity index is 2.85. The van der Waals surface area contributed by atoms with Crippen LogP contribution in [0.1, 0.15) is 6.92 Å². The van der Waals surface area contributed by atoms with Crippen LogP contribution in [0.4, 0.5) is 4.79 Å². The average molecular weight is 305 g/mol. The Labute approximate surface area is 119 Å². The summed E-state index contributed by atoms with van der Waals surface area (Å²) in [5.74, 6) is 0.157. The molecule has 0 aromatic carbocycles. The van der Waals surface area contributed by atoms with E-state index in [0.29, 0.717) is 17.2 Å². The van der Waals surface area contributed by atoms with E-state index >= 15 is 0 Å². The molecule has 5 nitrogen and oxygen atoms in total. The molecule has 0 bridgehead atoms. The van der Waals surface area contributed by atoms with Gasteiger partial charge < -0.3 is 14.8 Å². The number of alkyl carbamates (subject to hydrolysis) is 1. The van der Waals surface area contributed by atoms with E-state index in [-0.39, 0.29) is 17.9 Å². The number of nitrogens with one attached hydrogen (secondary N) is 1. The number of carbonyl (C=O) groups excluding carboxylic acids is 2. The van der Waals surface area contributed by atoms with Crippen LogP contribution in [0.2, 0.25) is 19.6 Å². The molecule has 1 fully saturated rings. The highest BCUT2D eigenvalue weighted by Crippen LogP contribution is 2.38. The highest BCUT2D eigenvalue weighted by molar-refractivity contribution is 8.02. The van der Waals surface area contributed by atoms with Gasteiger partial charge in [-0.05, 0) is 6.92 Å². The van der Waals surface area contributed by atoms with Gasteiger partial charge in [0.2, 0.25) is 0 Å². The Morgan fingerprint density at radius 3 is 2.47 bits per heavy atom. The van der Waals surface area contributed by atoms with Crippen molar-refractivity contribution >= 4 is 31.9 Å². The Bertz CT molecular complexity index is 345. The van der Waals surface area contributed by atoms with Crippen molar-refractivity contribution < 1.29 is 19.1 Å². The average Bonchev–Trinajstić information content (AvgIpc) is 2.71. The fraction of sp³-hybridized carbons (Fsp3) is 0.833. The van der Waals surface area contributed by atoms with Crippen molar-refractivity contribution in [2.75, 3.05) is 19.5 Å². The standard InChI is InChI=1S/C12H23NO4SSi/c1-6-17-12(15)13-9-8(10(14)16-2)7-18-11(9)19(3,4)5/h8-9,11H,6-7H2,1-5H3,(H,13,15)/t8-,9-,11-/m0/s1. The quantitative estimate of drug-likeness (QED) is 0.634. The van der Waals surface area contributed by atoms with Gasteiger partial charge in [0.05, 0.1) is 33.8 Å². The lowest BCUT2D eigenvalue weighted by Crippen LogP contribution is -2.54. The van der Waals surface area contributed by atoms with Crippen molar-refractivity contribution in [2.24, 2.45) is 5.92 Å². The molecule has 1 aliphatic rings. The molecule has 110 valence electrons. The lowest BCUT2D eigenvalue weighted by Gasteiger charge is -2.31. The molecule has 3 atom stereocenters. The van der Waals surface area contributed by atoms with Gasteiger partial charge in [0.15, 0.2) is 0 Å². The molecule has 0 spiro atoms. The summed E-state index contributed by atoms with van der Waals surface area (Å²) in [5.41, 5.74) is 0. The number of carbonyl (C=O) groups is 2.